The molecule has 1 heterocycles. The van der Waals surface area contributed by atoms with Gasteiger partial charge in [0.15, 0.2) is 0 Å². The first kappa shape index (κ1) is 15.2. The maximum Gasteiger partial charge on any atom is 0.115 e. The van der Waals surface area contributed by atoms with E-state index in [2.05, 4.69) is 58.1 Å². The zero-order valence-electron chi connectivity index (χ0n) is 13.1. The van der Waals surface area contributed by atoms with Crippen molar-refractivity contribution >= 4 is 11.3 Å². The molecule has 1 N–H and O–H groups in total. The summed E-state index contributed by atoms with van der Waals surface area (Å²) in [4.78, 5) is 6.08. The smallest absolute Gasteiger partial charge is 0.115 e. The Morgan fingerprint density at radius 2 is 1.95 bits per heavy atom. The third-order valence-electron chi connectivity index (χ3n) is 3.85. The van der Waals surface area contributed by atoms with E-state index in [1.807, 2.05) is 11.3 Å². The molecule has 1 aromatic heterocycles. The average Bonchev–Trinajstić information content (AvgIpc) is 2.74. The van der Waals surface area contributed by atoms with Crippen LogP contribution in [0.1, 0.15) is 51.7 Å². The number of nitrogens with zero attached hydrogens (tertiary/aromatic N) is 1. The van der Waals surface area contributed by atoms with E-state index in [1.54, 1.807) is 0 Å². The molecule has 0 fully saturated rings. The highest BCUT2D eigenvalue weighted by molar-refractivity contribution is 7.11. The molecule has 108 valence electrons. The largest absolute Gasteiger partial charge is 0.304 e. The van der Waals surface area contributed by atoms with Gasteiger partial charge in [0.25, 0.3) is 0 Å². The van der Waals surface area contributed by atoms with E-state index in [1.165, 1.54) is 26.6 Å². The molecule has 0 aliphatic heterocycles. The van der Waals surface area contributed by atoms with Crippen LogP contribution in [0.15, 0.2) is 18.2 Å². The minimum atomic E-state index is 0.215. The Bertz CT molecular complexity index is 567. The monoisotopic (exact) mass is 288 g/mol. The van der Waals surface area contributed by atoms with Crippen molar-refractivity contribution in [3.63, 3.8) is 0 Å². The quantitative estimate of drug-likeness (QED) is 0.878. The van der Waals surface area contributed by atoms with Crippen LogP contribution in [0.3, 0.4) is 0 Å². The predicted molar refractivity (Wildman–Crippen MR) is 87.6 cm³/mol. The van der Waals surface area contributed by atoms with Crippen molar-refractivity contribution in [2.75, 3.05) is 6.54 Å². The molecule has 3 heteroatoms. The van der Waals surface area contributed by atoms with Crippen molar-refractivity contribution in [1.82, 2.24) is 10.3 Å². The fraction of sp³-hybridized carbons (Fsp3) is 0.471. The van der Waals surface area contributed by atoms with E-state index >= 15 is 0 Å². The normalized spacial score (nSPS) is 12.7. The molecule has 0 saturated heterocycles. The highest BCUT2D eigenvalue weighted by Gasteiger charge is 2.20. The fourth-order valence-corrected chi connectivity index (χ4v) is 3.34. The van der Waals surface area contributed by atoms with Crippen molar-refractivity contribution < 1.29 is 0 Å². The first-order valence-electron chi connectivity index (χ1n) is 7.28. The highest BCUT2D eigenvalue weighted by atomic mass is 32.1. The predicted octanol–water partition coefficient (Wildman–Crippen LogP) is 4.47. The fourth-order valence-electron chi connectivity index (χ4n) is 2.33. The standard InChI is InChI=1S/C17H24N2S/c1-6-10-18-16(17-19-13(4)14(5)20-17)15-9-7-8-11(2)12(15)3/h7-9,16,18H,6,10H2,1-5H3. The Hall–Kier alpha value is -1.19. The molecule has 0 amide bonds. The SMILES string of the molecule is CCCNC(c1nc(C)c(C)s1)c1cccc(C)c1C. The Morgan fingerprint density at radius 1 is 1.20 bits per heavy atom. The topological polar surface area (TPSA) is 24.9 Å². The van der Waals surface area contributed by atoms with Crippen LogP contribution >= 0.6 is 11.3 Å². The summed E-state index contributed by atoms with van der Waals surface area (Å²) in [5, 5.41) is 4.84. The maximum atomic E-state index is 4.77. The molecule has 2 nitrogen and oxygen atoms in total. The van der Waals surface area contributed by atoms with Crippen molar-refractivity contribution in [1.29, 1.82) is 0 Å². The molecule has 0 bridgehead atoms. The van der Waals surface area contributed by atoms with E-state index in [0.29, 0.717) is 0 Å². The molecular weight excluding hydrogens is 264 g/mol. The molecule has 2 aromatic rings. The van der Waals surface area contributed by atoms with Crippen molar-refractivity contribution in [3.05, 3.63) is 50.5 Å². The van der Waals surface area contributed by atoms with Gasteiger partial charge < -0.3 is 5.32 Å². The van der Waals surface area contributed by atoms with E-state index in [9.17, 15) is 0 Å². The molecular formula is C17H24N2S. The van der Waals surface area contributed by atoms with Crippen LogP contribution in [0.4, 0.5) is 0 Å². The maximum absolute atomic E-state index is 4.77. The number of aromatic nitrogens is 1. The number of benzene rings is 1. The summed E-state index contributed by atoms with van der Waals surface area (Å²) in [6.45, 7) is 11.8. The van der Waals surface area contributed by atoms with E-state index < -0.39 is 0 Å². The molecule has 0 aliphatic rings. The number of hydrogen-bond donors (Lipinski definition) is 1. The van der Waals surface area contributed by atoms with Gasteiger partial charge in [0.1, 0.15) is 5.01 Å². The molecule has 0 aliphatic carbocycles. The second-order valence-electron chi connectivity index (χ2n) is 5.37. The average molecular weight is 288 g/mol. The van der Waals surface area contributed by atoms with E-state index in [-0.39, 0.29) is 6.04 Å². The van der Waals surface area contributed by atoms with Crippen LogP contribution < -0.4 is 5.32 Å². The van der Waals surface area contributed by atoms with Crippen LogP contribution in [0.5, 0.6) is 0 Å². The Labute approximate surface area is 126 Å². The minimum Gasteiger partial charge on any atom is -0.304 e. The van der Waals surface area contributed by atoms with E-state index in [0.717, 1.165) is 18.7 Å². The van der Waals surface area contributed by atoms with E-state index in [4.69, 9.17) is 4.98 Å². The van der Waals surface area contributed by atoms with Gasteiger partial charge in [-0.3, -0.25) is 0 Å². The van der Waals surface area contributed by atoms with Crippen LogP contribution in [-0.2, 0) is 0 Å². The zero-order valence-corrected chi connectivity index (χ0v) is 13.9. The lowest BCUT2D eigenvalue weighted by Gasteiger charge is -2.20. The van der Waals surface area contributed by atoms with Gasteiger partial charge in [-0.25, -0.2) is 4.98 Å². The van der Waals surface area contributed by atoms with Gasteiger partial charge in [-0.15, -0.1) is 11.3 Å². The summed E-state index contributed by atoms with van der Waals surface area (Å²) in [6, 6.07) is 6.76. The molecule has 0 spiro atoms. The molecule has 0 saturated carbocycles. The van der Waals surface area contributed by atoms with Gasteiger partial charge in [0.05, 0.1) is 11.7 Å². The van der Waals surface area contributed by atoms with Gasteiger partial charge >= 0.3 is 0 Å². The summed E-state index contributed by atoms with van der Waals surface area (Å²) in [7, 11) is 0. The van der Waals surface area contributed by atoms with Crippen LogP contribution in [-0.4, -0.2) is 11.5 Å². The second kappa shape index (κ2) is 6.51. The first-order valence-corrected chi connectivity index (χ1v) is 8.09. The first-order chi connectivity index (χ1) is 9.54. The summed E-state index contributed by atoms with van der Waals surface area (Å²) >= 11 is 1.81. The summed E-state index contributed by atoms with van der Waals surface area (Å²) in [6.07, 6.45) is 1.13. The number of rotatable bonds is 5. The molecule has 1 unspecified atom stereocenters. The molecule has 1 atom stereocenters. The Morgan fingerprint density at radius 3 is 2.55 bits per heavy atom. The van der Waals surface area contributed by atoms with Crippen molar-refractivity contribution in [3.8, 4) is 0 Å². The molecule has 20 heavy (non-hydrogen) atoms. The second-order valence-corrected chi connectivity index (χ2v) is 6.60. The number of hydrogen-bond acceptors (Lipinski definition) is 3. The number of thiazole rings is 1. The number of nitrogens with one attached hydrogen (secondary N) is 1. The number of aryl methyl sites for hydroxylation is 3. The Kier molecular flexibility index (Phi) is 4.95. The summed E-state index contributed by atoms with van der Waals surface area (Å²) in [5.41, 5.74) is 5.22. The third-order valence-corrected chi connectivity index (χ3v) is 4.99. The summed E-state index contributed by atoms with van der Waals surface area (Å²) < 4.78 is 0. The zero-order chi connectivity index (χ0) is 14.7. The van der Waals surface area contributed by atoms with Crippen LogP contribution in [0.2, 0.25) is 0 Å². The van der Waals surface area contributed by atoms with Crippen LogP contribution in [0, 0.1) is 27.7 Å². The van der Waals surface area contributed by atoms with Gasteiger partial charge in [-0.05, 0) is 57.4 Å². The van der Waals surface area contributed by atoms with Gasteiger partial charge in [0.2, 0.25) is 0 Å². The highest BCUT2D eigenvalue weighted by Crippen LogP contribution is 2.30. The summed E-state index contributed by atoms with van der Waals surface area (Å²) in [5.74, 6) is 0. The molecule has 1 aromatic carbocycles. The molecule has 2 rings (SSSR count). The van der Waals surface area contributed by atoms with Gasteiger partial charge in [-0.2, -0.15) is 0 Å². The lowest BCUT2D eigenvalue weighted by Crippen LogP contribution is -2.24. The third kappa shape index (κ3) is 3.10. The minimum absolute atomic E-state index is 0.215. The van der Waals surface area contributed by atoms with Gasteiger partial charge in [-0.1, -0.05) is 25.1 Å². The lowest BCUT2D eigenvalue weighted by molar-refractivity contribution is 0.592. The van der Waals surface area contributed by atoms with Crippen LogP contribution in [0.25, 0.3) is 0 Å². The Balaban J connectivity index is 2.44. The van der Waals surface area contributed by atoms with Crippen molar-refractivity contribution in [2.24, 2.45) is 0 Å². The molecule has 0 radical (unpaired) electrons. The van der Waals surface area contributed by atoms with Crippen molar-refractivity contribution in [2.45, 2.75) is 47.1 Å². The van der Waals surface area contributed by atoms with Gasteiger partial charge in [0, 0.05) is 4.88 Å². The lowest BCUT2D eigenvalue weighted by atomic mass is 9.97.